The van der Waals surface area contributed by atoms with Gasteiger partial charge in [-0.3, -0.25) is 14.6 Å². The smallest absolute Gasteiger partial charge is 0.326 e. The lowest BCUT2D eigenvalue weighted by Crippen LogP contribution is -2.54. The van der Waals surface area contributed by atoms with Gasteiger partial charge in [-0.25, -0.2) is 4.79 Å². The highest BCUT2D eigenvalue weighted by molar-refractivity contribution is 6.37. The molecule has 1 N–H and O–H groups in total. The number of benzene rings is 1. The summed E-state index contributed by atoms with van der Waals surface area (Å²) >= 11 is 0. The SMILES string of the molecule is O=C(C(=O)N1C(CCCc2cccnc2)c2ccccc2C[C@H]1C(=O)O)C1CCCCC1. The van der Waals surface area contributed by atoms with Crippen LogP contribution in [0.15, 0.2) is 48.8 Å². The molecule has 1 aromatic heterocycles. The molecule has 6 heteroatoms. The number of carbonyl (C=O) groups excluding carboxylic acids is 2. The van der Waals surface area contributed by atoms with Gasteiger partial charge in [-0.15, -0.1) is 0 Å². The number of nitrogens with zero attached hydrogens (tertiary/aromatic N) is 2. The zero-order valence-electron chi connectivity index (χ0n) is 18.3. The number of carbonyl (C=O) groups is 3. The molecule has 32 heavy (non-hydrogen) atoms. The first-order chi connectivity index (χ1) is 15.6. The summed E-state index contributed by atoms with van der Waals surface area (Å²) in [5.74, 6) is -2.36. The Hall–Kier alpha value is -3.02. The number of fused-ring (bicyclic) bond motifs is 1. The van der Waals surface area contributed by atoms with Crippen molar-refractivity contribution in [1.29, 1.82) is 0 Å². The van der Waals surface area contributed by atoms with Crippen molar-refractivity contribution >= 4 is 17.7 Å². The van der Waals surface area contributed by atoms with E-state index in [0.29, 0.717) is 6.42 Å². The summed E-state index contributed by atoms with van der Waals surface area (Å²) in [4.78, 5) is 44.3. The van der Waals surface area contributed by atoms with Gasteiger partial charge in [0, 0.05) is 24.7 Å². The van der Waals surface area contributed by atoms with E-state index in [1.54, 1.807) is 6.20 Å². The number of aryl methyl sites for hydroxylation is 1. The Balaban J connectivity index is 1.61. The summed E-state index contributed by atoms with van der Waals surface area (Å²) in [5.41, 5.74) is 3.00. The van der Waals surface area contributed by atoms with Crippen molar-refractivity contribution in [3.8, 4) is 0 Å². The molecule has 0 spiro atoms. The summed E-state index contributed by atoms with van der Waals surface area (Å²) in [6, 6.07) is 10.2. The van der Waals surface area contributed by atoms with E-state index in [-0.39, 0.29) is 12.3 Å². The van der Waals surface area contributed by atoms with Crippen molar-refractivity contribution in [2.45, 2.75) is 69.9 Å². The first-order valence-electron chi connectivity index (χ1n) is 11.6. The van der Waals surface area contributed by atoms with Crippen LogP contribution in [0.3, 0.4) is 0 Å². The first-order valence-corrected chi connectivity index (χ1v) is 11.6. The lowest BCUT2D eigenvalue weighted by Gasteiger charge is -2.42. The number of amides is 1. The fraction of sp³-hybridized carbons (Fsp3) is 0.462. The van der Waals surface area contributed by atoms with Crippen LogP contribution in [0.1, 0.15) is 67.7 Å². The average molecular weight is 435 g/mol. The third-order valence-corrected chi connectivity index (χ3v) is 6.87. The molecule has 2 atom stereocenters. The lowest BCUT2D eigenvalue weighted by atomic mass is 9.82. The molecule has 1 saturated carbocycles. The third-order valence-electron chi connectivity index (χ3n) is 6.87. The topological polar surface area (TPSA) is 87.6 Å². The normalized spacial score (nSPS) is 21.1. The van der Waals surface area contributed by atoms with E-state index < -0.39 is 29.7 Å². The Morgan fingerprint density at radius 1 is 1.03 bits per heavy atom. The van der Waals surface area contributed by atoms with Gasteiger partial charge in [-0.1, -0.05) is 49.6 Å². The predicted octanol–water partition coefficient (Wildman–Crippen LogP) is 4.13. The monoisotopic (exact) mass is 434 g/mol. The Morgan fingerprint density at radius 2 is 1.81 bits per heavy atom. The van der Waals surface area contributed by atoms with Gasteiger partial charge in [0.1, 0.15) is 6.04 Å². The number of aliphatic carboxylic acids is 1. The van der Waals surface area contributed by atoms with Gasteiger partial charge < -0.3 is 10.0 Å². The first kappa shape index (κ1) is 22.2. The van der Waals surface area contributed by atoms with Crippen LogP contribution < -0.4 is 0 Å². The lowest BCUT2D eigenvalue weighted by molar-refractivity contribution is -0.158. The van der Waals surface area contributed by atoms with E-state index in [2.05, 4.69) is 4.98 Å². The molecule has 0 bridgehead atoms. The fourth-order valence-corrected chi connectivity index (χ4v) is 5.22. The summed E-state index contributed by atoms with van der Waals surface area (Å²) in [6.45, 7) is 0. The van der Waals surface area contributed by atoms with Crippen molar-refractivity contribution in [2.75, 3.05) is 0 Å². The van der Waals surface area contributed by atoms with Gasteiger partial charge in [-0.2, -0.15) is 0 Å². The number of hydrogen-bond acceptors (Lipinski definition) is 4. The predicted molar refractivity (Wildman–Crippen MR) is 120 cm³/mol. The largest absolute Gasteiger partial charge is 0.480 e. The highest BCUT2D eigenvalue weighted by Gasteiger charge is 2.44. The zero-order chi connectivity index (χ0) is 22.5. The Morgan fingerprint density at radius 3 is 2.53 bits per heavy atom. The minimum absolute atomic E-state index is 0.230. The number of rotatable bonds is 7. The molecule has 1 aliphatic carbocycles. The molecular formula is C26H30N2O4. The number of hydrogen-bond donors (Lipinski definition) is 1. The van der Waals surface area contributed by atoms with Gasteiger partial charge in [0.2, 0.25) is 5.78 Å². The molecule has 0 radical (unpaired) electrons. The summed E-state index contributed by atoms with van der Waals surface area (Å²) < 4.78 is 0. The second-order valence-electron chi connectivity index (χ2n) is 8.94. The molecular weight excluding hydrogens is 404 g/mol. The summed E-state index contributed by atoms with van der Waals surface area (Å²) in [7, 11) is 0. The van der Waals surface area contributed by atoms with Crippen LogP contribution in [0.5, 0.6) is 0 Å². The third kappa shape index (κ3) is 4.74. The molecule has 2 aliphatic rings. The quantitative estimate of drug-likeness (QED) is 0.662. The van der Waals surface area contributed by atoms with Crippen molar-refractivity contribution in [1.82, 2.24) is 9.88 Å². The van der Waals surface area contributed by atoms with E-state index in [0.717, 1.165) is 61.6 Å². The van der Waals surface area contributed by atoms with Gasteiger partial charge in [0.15, 0.2) is 0 Å². The van der Waals surface area contributed by atoms with Crippen LogP contribution in [0.2, 0.25) is 0 Å². The molecule has 168 valence electrons. The minimum atomic E-state index is -1.05. The second-order valence-corrected chi connectivity index (χ2v) is 8.94. The van der Waals surface area contributed by atoms with Crippen LogP contribution >= 0.6 is 0 Å². The Kier molecular flexibility index (Phi) is 6.98. The van der Waals surface area contributed by atoms with Crippen LogP contribution in [-0.2, 0) is 27.2 Å². The van der Waals surface area contributed by atoms with Gasteiger partial charge in [-0.05, 0) is 54.9 Å². The van der Waals surface area contributed by atoms with E-state index in [9.17, 15) is 19.5 Å². The van der Waals surface area contributed by atoms with Gasteiger partial charge in [0.05, 0.1) is 6.04 Å². The van der Waals surface area contributed by atoms with Crippen LogP contribution in [0.25, 0.3) is 0 Å². The highest BCUT2D eigenvalue weighted by Crippen LogP contribution is 2.38. The number of aromatic nitrogens is 1. The Bertz CT molecular complexity index is 969. The number of carboxylic acids is 1. The van der Waals surface area contributed by atoms with Crippen molar-refractivity contribution in [3.63, 3.8) is 0 Å². The Labute approximate surface area is 188 Å². The van der Waals surface area contributed by atoms with Gasteiger partial charge in [0.25, 0.3) is 5.91 Å². The fourth-order valence-electron chi connectivity index (χ4n) is 5.22. The maximum atomic E-state index is 13.5. The van der Waals surface area contributed by atoms with Crippen LogP contribution in [-0.4, -0.2) is 38.7 Å². The molecule has 6 nitrogen and oxygen atoms in total. The number of carboxylic acid groups (broad SMARTS) is 1. The number of pyridine rings is 1. The number of ketones is 1. The molecule has 2 aromatic rings. The molecule has 0 saturated heterocycles. The molecule has 1 aromatic carbocycles. The molecule has 1 fully saturated rings. The molecule has 2 heterocycles. The van der Waals surface area contributed by atoms with E-state index in [4.69, 9.17) is 0 Å². The van der Waals surface area contributed by atoms with Crippen LogP contribution in [0, 0.1) is 5.92 Å². The van der Waals surface area contributed by atoms with E-state index in [1.807, 2.05) is 42.6 Å². The van der Waals surface area contributed by atoms with Crippen molar-refractivity contribution in [2.24, 2.45) is 5.92 Å². The summed E-state index contributed by atoms with van der Waals surface area (Å²) in [5, 5.41) is 9.98. The number of Topliss-reactive ketones (excluding diaryl/α,β-unsaturated/α-hetero) is 1. The highest BCUT2D eigenvalue weighted by atomic mass is 16.4. The average Bonchev–Trinajstić information content (AvgIpc) is 2.84. The summed E-state index contributed by atoms with van der Waals surface area (Å²) in [6.07, 6.45) is 10.3. The maximum absolute atomic E-state index is 13.5. The maximum Gasteiger partial charge on any atom is 0.326 e. The van der Waals surface area contributed by atoms with Gasteiger partial charge >= 0.3 is 5.97 Å². The van der Waals surface area contributed by atoms with Crippen molar-refractivity contribution < 1.29 is 19.5 Å². The van der Waals surface area contributed by atoms with E-state index in [1.165, 1.54) is 4.90 Å². The molecule has 1 aliphatic heterocycles. The molecule has 4 rings (SSSR count). The zero-order valence-corrected chi connectivity index (χ0v) is 18.3. The standard InChI is InChI=1S/C26H30N2O4/c29-24(19-10-2-1-3-11-19)25(30)28-22(14-6-8-18-9-7-15-27-17-18)21-13-5-4-12-20(21)16-23(28)26(31)32/h4-5,7,9,12-13,15,17,19,22-23H,1-3,6,8,10-11,14,16H2,(H,31,32)/t22?,23-/m0/s1. The van der Waals surface area contributed by atoms with Crippen LogP contribution in [0.4, 0.5) is 0 Å². The second kappa shape index (κ2) is 10.1. The van der Waals surface area contributed by atoms with E-state index >= 15 is 0 Å². The molecule has 1 amide bonds. The van der Waals surface area contributed by atoms with Crippen molar-refractivity contribution in [3.05, 3.63) is 65.5 Å². The minimum Gasteiger partial charge on any atom is -0.480 e. The molecule has 1 unspecified atom stereocenters.